The van der Waals surface area contributed by atoms with E-state index in [2.05, 4.69) is 15.9 Å². The number of ether oxygens (including phenoxy) is 3. The second-order valence-electron chi connectivity index (χ2n) is 3.61. The summed E-state index contributed by atoms with van der Waals surface area (Å²) in [7, 11) is 1.58. The van der Waals surface area contributed by atoms with Crippen LogP contribution in [0.5, 0.6) is 5.75 Å². The molecule has 0 N–H and O–H groups in total. The van der Waals surface area contributed by atoms with E-state index in [-0.39, 0.29) is 0 Å². The van der Waals surface area contributed by atoms with Crippen molar-refractivity contribution in [1.29, 1.82) is 0 Å². The molecule has 16 heavy (non-hydrogen) atoms. The Morgan fingerprint density at radius 1 is 1.38 bits per heavy atom. The van der Waals surface area contributed by atoms with Crippen LogP contribution in [0.3, 0.4) is 0 Å². The van der Waals surface area contributed by atoms with Gasteiger partial charge in [0.05, 0.1) is 25.3 Å². The molecule has 5 heteroatoms. The van der Waals surface area contributed by atoms with Crippen molar-refractivity contribution in [1.82, 2.24) is 0 Å². The van der Waals surface area contributed by atoms with Crippen LogP contribution in [-0.4, -0.2) is 20.3 Å². The Morgan fingerprint density at radius 3 is 2.56 bits per heavy atom. The maximum atomic E-state index is 6.08. The van der Waals surface area contributed by atoms with Crippen LogP contribution in [0.1, 0.15) is 12.5 Å². The van der Waals surface area contributed by atoms with Gasteiger partial charge >= 0.3 is 0 Å². The highest BCUT2D eigenvalue weighted by Gasteiger charge is 2.35. The first-order valence-electron chi connectivity index (χ1n) is 4.88. The van der Waals surface area contributed by atoms with Crippen molar-refractivity contribution in [2.45, 2.75) is 12.7 Å². The average Bonchev–Trinajstić information content (AvgIpc) is 2.69. The Kier molecular flexibility index (Phi) is 3.45. The first-order chi connectivity index (χ1) is 7.57. The third-order valence-electron chi connectivity index (χ3n) is 2.57. The predicted molar refractivity (Wildman–Crippen MR) is 65.0 cm³/mol. The molecule has 0 saturated carbocycles. The summed E-state index contributed by atoms with van der Waals surface area (Å²) < 4.78 is 17.2. The van der Waals surface area contributed by atoms with Crippen LogP contribution in [-0.2, 0) is 15.3 Å². The van der Waals surface area contributed by atoms with Crippen molar-refractivity contribution < 1.29 is 14.2 Å². The van der Waals surface area contributed by atoms with E-state index >= 15 is 0 Å². The Hall–Kier alpha value is -0.290. The lowest BCUT2D eigenvalue weighted by molar-refractivity contribution is -0.150. The van der Waals surface area contributed by atoms with Crippen LogP contribution < -0.4 is 4.74 Å². The van der Waals surface area contributed by atoms with Crippen LogP contribution in [0.4, 0.5) is 0 Å². The zero-order valence-corrected chi connectivity index (χ0v) is 11.4. The molecule has 1 heterocycles. The van der Waals surface area contributed by atoms with Crippen molar-refractivity contribution in [3.63, 3.8) is 0 Å². The van der Waals surface area contributed by atoms with E-state index in [0.717, 1.165) is 10.0 Å². The van der Waals surface area contributed by atoms with E-state index in [1.165, 1.54) is 0 Å². The molecule has 0 amide bonds. The molecule has 3 nitrogen and oxygen atoms in total. The third-order valence-corrected chi connectivity index (χ3v) is 3.52. The van der Waals surface area contributed by atoms with Gasteiger partial charge in [0.1, 0.15) is 5.75 Å². The number of rotatable bonds is 2. The fourth-order valence-electron chi connectivity index (χ4n) is 1.70. The molecule has 0 radical (unpaired) electrons. The van der Waals surface area contributed by atoms with Gasteiger partial charge in [-0.05, 0) is 19.1 Å². The molecule has 1 fully saturated rings. The second kappa shape index (κ2) is 4.53. The van der Waals surface area contributed by atoms with E-state index in [9.17, 15) is 0 Å². The molecule has 0 spiro atoms. The molecule has 1 aliphatic rings. The van der Waals surface area contributed by atoms with Gasteiger partial charge in [-0.15, -0.1) is 0 Å². The lowest BCUT2D eigenvalue weighted by Crippen LogP contribution is -2.23. The smallest absolute Gasteiger partial charge is 0.193 e. The lowest BCUT2D eigenvalue weighted by atomic mass is 10.1. The molecule has 88 valence electrons. The normalized spacial score (nSPS) is 18.8. The van der Waals surface area contributed by atoms with Gasteiger partial charge in [0.15, 0.2) is 5.79 Å². The van der Waals surface area contributed by atoms with Gasteiger partial charge in [0.25, 0.3) is 0 Å². The van der Waals surface area contributed by atoms with Gasteiger partial charge in [-0.1, -0.05) is 27.5 Å². The molecular weight excluding hydrogens is 295 g/mol. The van der Waals surface area contributed by atoms with Crippen molar-refractivity contribution in [2.24, 2.45) is 0 Å². The minimum Gasteiger partial charge on any atom is -0.495 e. The fraction of sp³-hybridized carbons (Fsp3) is 0.455. The highest BCUT2D eigenvalue weighted by Crippen LogP contribution is 2.40. The summed E-state index contributed by atoms with van der Waals surface area (Å²) in [6.07, 6.45) is 0. The summed E-state index contributed by atoms with van der Waals surface area (Å²) in [6, 6.07) is 3.61. The quantitative estimate of drug-likeness (QED) is 0.839. The Morgan fingerprint density at radius 2 is 2.00 bits per heavy atom. The van der Waals surface area contributed by atoms with Crippen LogP contribution in [0.15, 0.2) is 16.6 Å². The summed E-state index contributed by atoms with van der Waals surface area (Å²) in [5.74, 6) is -0.103. The molecule has 1 aromatic carbocycles. The predicted octanol–water partition coefficient (Wildman–Crippen LogP) is 3.33. The van der Waals surface area contributed by atoms with Crippen molar-refractivity contribution in [3.8, 4) is 5.75 Å². The van der Waals surface area contributed by atoms with Crippen molar-refractivity contribution in [3.05, 3.63) is 27.2 Å². The average molecular weight is 308 g/mol. The van der Waals surface area contributed by atoms with Gasteiger partial charge in [-0.3, -0.25) is 0 Å². The summed E-state index contributed by atoms with van der Waals surface area (Å²) in [5.41, 5.74) is 0.871. The maximum absolute atomic E-state index is 6.08. The Balaban J connectivity index is 2.45. The molecular formula is C11H12BrClO3. The minimum atomic E-state index is -0.727. The monoisotopic (exact) mass is 306 g/mol. The maximum Gasteiger partial charge on any atom is 0.193 e. The van der Waals surface area contributed by atoms with Gasteiger partial charge in [0, 0.05) is 10.0 Å². The van der Waals surface area contributed by atoms with Crippen molar-refractivity contribution >= 4 is 27.5 Å². The molecule has 0 aliphatic carbocycles. The molecule has 0 unspecified atom stereocenters. The molecule has 1 saturated heterocycles. The van der Waals surface area contributed by atoms with Gasteiger partial charge in [-0.2, -0.15) is 0 Å². The zero-order valence-electron chi connectivity index (χ0n) is 9.05. The summed E-state index contributed by atoms with van der Waals surface area (Å²) in [4.78, 5) is 0. The van der Waals surface area contributed by atoms with Gasteiger partial charge in [-0.25, -0.2) is 0 Å². The van der Waals surface area contributed by atoms with Crippen LogP contribution >= 0.6 is 27.5 Å². The molecule has 2 rings (SSSR count). The largest absolute Gasteiger partial charge is 0.495 e. The Labute approximate surface area is 108 Å². The lowest BCUT2D eigenvalue weighted by Gasteiger charge is -2.24. The first-order valence-corrected chi connectivity index (χ1v) is 6.05. The summed E-state index contributed by atoms with van der Waals surface area (Å²) in [6.45, 7) is 3.06. The number of hydrogen-bond donors (Lipinski definition) is 0. The minimum absolute atomic E-state index is 0.543. The standard InChI is InChI=1S/C11H12BrClO3/c1-11(15-3-4-16-11)7-5-9(13)10(14-2)6-8(7)12/h5-6H,3-4H2,1-2H3. The topological polar surface area (TPSA) is 27.7 Å². The summed E-state index contributed by atoms with van der Waals surface area (Å²) >= 11 is 9.55. The highest BCUT2D eigenvalue weighted by molar-refractivity contribution is 9.10. The summed E-state index contributed by atoms with van der Waals surface area (Å²) in [5, 5.41) is 0.543. The van der Waals surface area contributed by atoms with E-state index in [1.807, 2.05) is 13.0 Å². The number of halogens is 2. The van der Waals surface area contributed by atoms with E-state index in [0.29, 0.717) is 24.0 Å². The van der Waals surface area contributed by atoms with Crippen LogP contribution in [0.2, 0.25) is 5.02 Å². The number of benzene rings is 1. The highest BCUT2D eigenvalue weighted by atomic mass is 79.9. The molecule has 0 atom stereocenters. The Bertz CT molecular complexity index is 402. The zero-order chi connectivity index (χ0) is 11.8. The van der Waals surface area contributed by atoms with Crippen LogP contribution in [0, 0.1) is 0 Å². The van der Waals surface area contributed by atoms with Crippen molar-refractivity contribution in [2.75, 3.05) is 20.3 Å². The van der Waals surface area contributed by atoms with Crippen LogP contribution in [0.25, 0.3) is 0 Å². The second-order valence-corrected chi connectivity index (χ2v) is 4.87. The SMILES string of the molecule is COc1cc(Br)c(C2(C)OCCO2)cc1Cl. The molecule has 0 aromatic heterocycles. The van der Waals surface area contributed by atoms with E-state index in [4.69, 9.17) is 25.8 Å². The molecule has 1 aromatic rings. The number of hydrogen-bond acceptors (Lipinski definition) is 3. The molecule has 0 bridgehead atoms. The molecule has 1 aliphatic heterocycles. The fourth-order valence-corrected chi connectivity index (χ4v) is 2.63. The third kappa shape index (κ3) is 2.07. The first kappa shape index (κ1) is 12.2. The number of methoxy groups -OCH3 is 1. The van der Waals surface area contributed by atoms with E-state index < -0.39 is 5.79 Å². The van der Waals surface area contributed by atoms with E-state index in [1.54, 1.807) is 13.2 Å². The van der Waals surface area contributed by atoms with Gasteiger partial charge < -0.3 is 14.2 Å². The van der Waals surface area contributed by atoms with Gasteiger partial charge in [0.2, 0.25) is 0 Å².